The summed E-state index contributed by atoms with van der Waals surface area (Å²) in [6, 6.07) is 11.8. The van der Waals surface area contributed by atoms with Gasteiger partial charge < -0.3 is 19.3 Å². The Bertz CT molecular complexity index is 1190. The monoisotopic (exact) mass is 445 g/mol. The molecule has 3 heterocycles. The summed E-state index contributed by atoms with van der Waals surface area (Å²) in [6.07, 6.45) is 6.07. The number of Topliss-reactive ketones (excluding diaryl/α,β-unsaturated/α-hetero) is 1. The molecule has 33 heavy (non-hydrogen) atoms. The van der Waals surface area contributed by atoms with Crippen molar-refractivity contribution in [3.05, 3.63) is 65.7 Å². The molecule has 7 heteroatoms. The van der Waals surface area contributed by atoms with Crippen LogP contribution in [0.25, 0.3) is 22.5 Å². The Hall–Kier alpha value is -3.29. The first-order chi connectivity index (χ1) is 16.2. The van der Waals surface area contributed by atoms with E-state index < -0.39 is 0 Å². The summed E-state index contributed by atoms with van der Waals surface area (Å²) in [5.74, 6) is 1.89. The summed E-state index contributed by atoms with van der Waals surface area (Å²) in [7, 11) is 1.74. The Morgan fingerprint density at radius 3 is 2.82 bits per heavy atom. The lowest BCUT2D eigenvalue weighted by molar-refractivity contribution is 0.106. The van der Waals surface area contributed by atoms with Gasteiger partial charge in [-0.15, -0.1) is 0 Å². The molecule has 1 aliphatic heterocycles. The normalized spacial score (nSPS) is 19.8. The van der Waals surface area contributed by atoms with E-state index in [1.165, 1.54) is 0 Å². The number of fused-ring (bicyclic) bond motifs is 1. The van der Waals surface area contributed by atoms with E-state index in [0.717, 1.165) is 72.9 Å². The van der Waals surface area contributed by atoms with Crippen LogP contribution in [0.15, 0.2) is 58.4 Å². The molecule has 1 atom stereocenters. The molecule has 1 aromatic carbocycles. The Labute approximate surface area is 192 Å². The van der Waals surface area contributed by atoms with Crippen LogP contribution < -0.4 is 0 Å². The van der Waals surface area contributed by atoms with Crippen LogP contribution >= 0.6 is 0 Å². The van der Waals surface area contributed by atoms with E-state index in [-0.39, 0.29) is 11.5 Å². The number of benzene rings is 1. The Morgan fingerprint density at radius 1 is 1.18 bits per heavy atom. The van der Waals surface area contributed by atoms with Crippen LogP contribution in [0.2, 0.25) is 0 Å². The van der Waals surface area contributed by atoms with Crippen molar-refractivity contribution in [2.75, 3.05) is 33.4 Å². The number of rotatable bonds is 6. The standard InChI is InChI=1S/C26H27N3O4/c1-32-12-11-29-10-2-3-19(16-29)24-15-22(26(33-24)17-6-8-27-9-7-17)18-4-5-21-20(13-18)14-23(28-31)25(21)30/h4-9,13,15,19,31H,2-3,10-12,14,16H2,1H3. The minimum atomic E-state index is -0.209. The lowest BCUT2D eigenvalue weighted by Crippen LogP contribution is -2.36. The van der Waals surface area contributed by atoms with Gasteiger partial charge in [0.15, 0.2) is 0 Å². The number of nitrogens with zero attached hydrogens (tertiary/aromatic N) is 3. The zero-order valence-electron chi connectivity index (χ0n) is 18.7. The van der Waals surface area contributed by atoms with Crippen LogP contribution in [0.4, 0.5) is 0 Å². The van der Waals surface area contributed by atoms with Gasteiger partial charge in [-0.05, 0) is 54.8 Å². The van der Waals surface area contributed by atoms with Crippen molar-refractivity contribution >= 4 is 11.5 Å². The number of likely N-dealkylation sites (tertiary alicyclic amines) is 1. The van der Waals surface area contributed by atoms with Gasteiger partial charge in [0, 0.05) is 61.6 Å². The summed E-state index contributed by atoms with van der Waals surface area (Å²) in [5.41, 5.74) is 4.60. The molecule has 1 unspecified atom stereocenters. The maximum atomic E-state index is 12.4. The number of hydrogen-bond donors (Lipinski definition) is 1. The van der Waals surface area contributed by atoms with Crippen LogP contribution in [0.5, 0.6) is 0 Å². The SMILES string of the molecule is COCCN1CCCC(c2cc(-c3ccc4c(c3)CC(=NO)C4=O)c(-c3ccncc3)o2)C1. The topological polar surface area (TPSA) is 88.2 Å². The van der Waals surface area contributed by atoms with Gasteiger partial charge >= 0.3 is 0 Å². The highest BCUT2D eigenvalue weighted by Crippen LogP contribution is 2.40. The summed E-state index contributed by atoms with van der Waals surface area (Å²) >= 11 is 0. The second-order valence-corrected chi connectivity index (χ2v) is 8.68. The first kappa shape index (κ1) is 21.6. The maximum absolute atomic E-state index is 12.4. The first-order valence-electron chi connectivity index (χ1n) is 11.3. The number of oxime groups is 1. The number of hydrogen-bond acceptors (Lipinski definition) is 7. The third kappa shape index (κ3) is 4.21. The van der Waals surface area contributed by atoms with Crippen molar-refractivity contribution in [3.8, 4) is 22.5 Å². The third-order valence-corrected chi connectivity index (χ3v) is 6.61. The zero-order chi connectivity index (χ0) is 22.8. The Balaban J connectivity index is 1.52. The van der Waals surface area contributed by atoms with Gasteiger partial charge in [0.2, 0.25) is 5.78 Å². The van der Waals surface area contributed by atoms with Gasteiger partial charge in [-0.3, -0.25) is 9.78 Å². The fourth-order valence-corrected chi connectivity index (χ4v) is 4.88. The molecular weight excluding hydrogens is 418 g/mol. The molecular formula is C26H27N3O4. The Morgan fingerprint density at radius 2 is 2.03 bits per heavy atom. The molecule has 1 aliphatic carbocycles. The molecule has 1 N–H and O–H groups in total. The van der Waals surface area contributed by atoms with Gasteiger partial charge in [0.25, 0.3) is 0 Å². The quantitative estimate of drug-likeness (QED) is 0.447. The van der Waals surface area contributed by atoms with E-state index in [4.69, 9.17) is 14.4 Å². The second kappa shape index (κ2) is 9.29. The maximum Gasteiger partial charge on any atom is 0.211 e. The molecule has 0 spiro atoms. The van der Waals surface area contributed by atoms with Gasteiger partial charge in [-0.25, -0.2) is 0 Å². The molecule has 0 saturated carbocycles. The average molecular weight is 446 g/mol. The molecule has 3 aromatic rings. The number of ketones is 1. The molecule has 2 aliphatic rings. The highest BCUT2D eigenvalue weighted by atomic mass is 16.5. The van der Waals surface area contributed by atoms with Crippen molar-refractivity contribution in [1.82, 2.24) is 9.88 Å². The van der Waals surface area contributed by atoms with Crippen molar-refractivity contribution in [1.29, 1.82) is 0 Å². The van der Waals surface area contributed by atoms with E-state index in [0.29, 0.717) is 17.9 Å². The molecule has 170 valence electrons. The van der Waals surface area contributed by atoms with Crippen LogP contribution in [0.1, 0.15) is 40.4 Å². The van der Waals surface area contributed by atoms with E-state index in [9.17, 15) is 4.79 Å². The average Bonchev–Trinajstić information content (AvgIpc) is 3.45. The molecule has 0 bridgehead atoms. The number of piperidine rings is 1. The molecule has 0 radical (unpaired) electrons. The minimum absolute atomic E-state index is 0.183. The van der Waals surface area contributed by atoms with Gasteiger partial charge in [0.05, 0.1) is 6.61 Å². The number of ether oxygens (including phenoxy) is 1. The van der Waals surface area contributed by atoms with Crippen LogP contribution in [0.3, 0.4) is 0 Å². The molecule has 5 rings (SSSR count). The molecule has 1 fully saturated rings. The lowest BCUT2D eigenvalue weighted by Gasteiger charge is -2.31. The molecule has 2 aromatic heterocycles. The third-order valence-electron chi connectivity index (χ3n) is 6.61. The number of pyridine rings is 1. The van der Waals surface area contributed by atoms with Crippen LogP contribution in [-0.2, 0) is 11.2 Å². The van der Waals surface area contributed by atoms with Crippen LogP contribution in [-0.4, -0.2) is 59.9 Å². The van der Waals surface area contributed by atoms with E-state index >= 15 is 0 Å². The second-order valence-electron chi connectivity index (χ2n) is 8.68. The molecule has 7 nitrogen and oxygen atoms in total. The van der Waals surface area contributed by atoms with Crippen molar-refractivity contribution < 1.29 is 19.2 Å². The number of aromatic nitrogens is 1. The number of methoxy groups -OCH3 is 1. The smallest absolute Gasteiger partial charge is 0.211 e. The first-order valence-corrected chi connectivity index (χ1v) is 11.3. The van der Waals surface area contributed by atoms with Crippen LogP contribution in [0, 0.1) is 0 Å². The van der Waals surface area contributed by atoms with E-state index in [1.54, 1.807) is 19.5 Å². The van der Waals surface area contributed by atoms with Crippen molar-refractivity contribution in [2.45, 2.75) is 25.2 Å². The summed E-state index contributed by atoms with van der Waals surface area (Å²) in [4.78, 5) is 18.9. The molecule has 0 amide bonds. The van der Waals surface area contributed by atoms with Gasteiger partial charge in [-0.2, -0.15) is 0 Å². The number of carbonyl (C=O) groups is 1. The molecule has 1 saturated heterocycles. The van der Waals surface area contributed by atoms with E-state index in [2.05, 4.69) is 21.1 Å². The van der Waals surface area contributed by atoms with Crippen molar-refractivity contribution in [3.63, 3.8) is 0 Å². The summed E-state index contributed by atoms with van der Waals surface area (Å²) < 4.78 is 11.8. The Kier molecular flexibility index (Phi) is 6.07. The lowest BCUT2D eigenvalue weighted by atomic mass is 9.93. The highest BCUT2D eigenvalue weighted by Gasteiger charge is 2.29. The zero-order valence-corrected chi connectivity index (χ0v) is 18.7. The number of furan rings is 1. The fraction of sp³-hybridized carbons (Fsp3) is 0.346. The summed E-state index contributed by atoms with van der Waals surface area (Å²) in [5, 5.41) is 12.3. The predicted octanol–water partition coefficient (Wildman–Crippen LogP) is 4.40. The largest absolute Gasteiger partial charge is 0.460 e. The highest BCUT2D eigenvalue weighted by molar-refractivity contribution is 6.49. The fourth-order valence-electron chi connectivity index (χ4n) is 4.88. The minimum Gasteiger partial charge on any atom is -0.460 e. The van der Waals surface area contributed by atoms with Crippen molar-refractivity contribution in [2.24, 2.45) is 5.16 Å². The summed E-state index contributed by atoms with van der Waals surface area (Å²) in [6.45, 7) is 3.68. The number of carbonyl (C=O) groups excluding carboxylic acids is 1. The van der Waals surface area contributed by atoms with Gasteiger partial charge in [0.1, 0.15) is 17.2 Å². The van der Waals surface area contributed by atoms with Gasteiger partial charge in [-0.1, -0.05) is 17.3 Å². The van der Waals surface area contributed by atoms with E-state index in [1.807, 2.05) is 30.3 Å². The predicted molar refractivity (Wildman–Crippen MR) is 125 cm³/mol.